The number of aliphatic hydroxyl groups is 1. The summed E-state index contributed by atoms with van der Waals surface area (Å²) in [5, 5.41) is 13.4. The molecule has 0 bridgehead atoms. The van der Waals surface area contributed by atoms with Crippen LogP contribution in [-0.2, 0) is 6.61 Å². The van der Waals surface area contributed by atoms with Crippen molar-refractivity contribution in [1.29, 1.82) is 0 Å². The number of aliphatic hydroxyl groups excluding tert-OH is 1. The van der Waals surface area contributed by atoms with E-state index in [9.17, 15) is 9.90 Å². The van der Waals surface area contributed by atoms with Gasteiger partial charge in [-0.1, -0.05) is 24.3 Å². The van der Waals surface area contributed by atoms with E-state index in [2.05, 4.69) is 15.3 Å². The number of rotatable bonds is 5. The normalized spacial score (nSPS) is 11.7. The van der Waals surface area contributed by atoms with Gasteiger partial charge >= 0.3 is 0 Å². The van der Waals surface area contributed by atoms with E-state index in [0.717, 1.165) is 10.5 Å². The van der Waals surface area contributed by atoms with Gasteiger partial charge in [0.2, 0.25) is 5.55 Å². The summed E-state index contributed by atoms with van der Waals surface area (Å²) < 4.78 is 6.12. The minimum absolute atomic E-state index is 0.182. The topological polar surface area (TPSA) is 87.7 Å². The minimum Gasteiger partial charge on any atom is -0.436 e. The van der Waals surface area contributed by atoms with Crippen LogP contribution in [0.2, 0.25) is 0 Å². The molecule has 1 amide bonds. The summed E-state index contributed by atoms with van der Waals surface area (Å²) in [6.07, 6.45) is 3.58. The summed E-state index contributed by atoms with van der Waals surface area (Å²) in [6.45, 7) is 3.53. The first-order valence-corrected chi connectivity index (χ1v) is 11.3. The Kier molecular flexibility index (Phi) is 6.39. The van der Waals surface area contributed by atoms with E-state index in [0.29, 0.717) is 33.6 Å². The fourth-order valence-corrected chi connectivity index (χ4v) is 3.81. The van der Waals surface area contributed by atoms with Crippen LogP contribution in [-0.4, -0.2) is 22.3 Å². The number of benzene rings is 2. The number of nitrogens with one attached hydrogen (secondary N) is 1. The van der Waals surface area contributed by atoms with Gasteiger partial charge in [0.25, 0.3) is 5.91 Å². The third kappa shape index (κ3) is 4.44. The van der Waals surface area contributed by atoms with Gasteiger partial charge in [0, 0.05) is 27.7 Å². The molecule has 6 nitrogen and oxygen atoms in total. The summed E-state index contributed by atoms with van der Waals surface area (Å²) in [5.41, 5.74) is 4.50. The monoisotopic (exact) mass is 445 g/mol. The highest BCUT2D eigenvalue weighted by Gasteiger charge is 2.17. The van der Waals surface area contributed by atoms with Gasteiger partial charge in [0.15, 0.2) is 5.58 Å². The van der Waals surface area contributed by atoms with E-state index in [1.54, 1.807) is 24.0 Å². The third-order valence-electron chi connectivity index (χ3n) is 5.14. The molecule has 0 atom stereocenters. The summed E-state index contributed by atoms with van der Waals surface area (Å²) in [6, 6.07) is 17.0. The maximum Gasteiger partial charge on any atom is 0.261 e. The number of carbonyl (C=O) groups excluding carboxylic acids is 1. The number of pyridine rings is 1. The maximum absolute atomic E-state index is 13.3. The number of amides is 1. The lowest BCUT2D eigenvalue weighted by atomic mass is 10.1. The molecule has 2 aromatic carbocycles. The number of anilines is 1. The van der Waals surface area contributed by atoms with Gasteiger partial charge in [-0.05, 0) is 56.0 Å². The number of thioether (sulfide) groups is 1. The zero-order chi connectivity index (χ0) is 22.7. The maximum atomic E-state index is 13.3. The number of hydrogen-bond donors (Lipinski definition) is 2. The lowest BCUT2D eigenvalue weighted by molar-refractivity contribution is 0.102. The zero-order valence-corrected chi connectivity index (χ0v) is 18.9. The first kappa shape index (κ1) is 21.8. The van der Waals surface area contributed by atoms with Crippen molar-refractivity contribution in [1.82, 2.24) is 4.98 Å². The third-order valence-corrected chi connectivity index (χ3v) is 5.87. The Morgan fingerprint density at radius 2 is 1.97 bits per heavy atom. The quantitative estimate of drug-likeness (QED) is 0.415. The van der Waals surface area contributed by atoms with Crippen molar-refractivity contribution in [3.8, 4) is 0 Å². The molecule has 2 aromatic heterocycles. The van der Waals surface area contributed by atoms with Crippen LogP contribution in [0.15, 0.2) is 75.1 Å². The number of carbonyl (C=O) groups is 1. The van der Waals surface area contributed by atoms with Gasteiger partial charge in [0.05, 0.1) is 18.0 Å². The smallest absolute Gasteiger partial charge is 0.261 e. The molecule has 0 radical (unpaired) electrons. The van der Waals surface area contributed by atoms with Gasteiger partial charge in [-0.3, -0.25) is 9.78 Å². The molecule has 32 heavy (non-hydrogen) atoms. The molecular formula is C25H23N3O3S. The SMILES string of the molecule is CSc1cccc(N=c2oc3c(C)ncc(CO)c3cc2C(=O)Nc2ccccc2C)c1. The van der Waals surface area contributed by atoms with Gasteiger partial charge in [-0.2, -0.15) is 0 Å². The van der Waals surface area contributed by atoms with Crippen molar-refractivity contribution in [2.45, 2.75) is 25.3 Å². The highest BCUT2D eigenvalue weighted by Crippen LogP contribution is 2.24. The molecule has 4 aromatic rings. The standard InChI is InChI=1S/C25H23N3O3S/c1-15-7-4-5-10-22(15)28-24(30)21-12-20-17(14-29)13-26-16(2)23(20)31-25(21)27-18-8-6-9-19(11-18)32-3/h4-13,29H,14H2,1-3H3,(H,28,30). The zero-order valence-electron chi connectivity index (χ0n) is 18.0. The number of nitrogens with zero attached hydrogens (tertiary/aromatic N) is 2. The molecule has 0 aliphatic rings. The molecule has 0 aliphatic carbocycles. The molecule has 7 heteroatoms. The van der Waals surface area contributed by atoms with E-state index in [4.69, 9.17) is 4.42 Å². The lowest BCUT2D eigenvalue weighted by Gasteiger charge is -2.11. The number of aryl methyl sites for hydroxylation is 2. The largest absolute Gasteiger partial charge is 0.436 e. The van der Waals surface area contributed by atoms with Crippen molar-refractivity contribution in [2.75, 3.05) is 11.6 Å². The molecule has 0 saturated carbocycles. The van der Waals surface area contributed by atoms with Crippen molar-refractivity contribution in [3.63, 3.8) is 0 Å². The molecule has 162 valence electrons. The second kappa shape index (κ2) is 9.38. The van der Waals surface area contributed by atoms with E-state index in [1.807, 2.05) is 68.6 Å². The lowest BCUT2D eigenvalue weighted by Crippen LogP contribution is -2.22. The second-order valence-corrected chi connectivity index (χ2v) is 8.20. The Bertz CT molecular complexity index is 1380. The summed E-state index contributed by atoms with van der Waals surface area (Å²) >= 11 is 1.61. The number of hydrogen-bond acceptors (Lipinski definition) is 6. The predicted molar refractivity (Wildman–Crippen MR) is 127 cm³/mol. The number of para-hydroxylation sites is 1. The Hall–Kier alpha value is -3.42. The first-order chi connectivity index (χ1) is 15.5. The first-order valence-electron chi connectivity index (χ1n) is 10.1. The fourth-order valence-electron chi connectivity index (χ4n) is 3.36. The van der Waals surface area contributed by atoms with Crippen LogP contribution >= 0.6 is 11.8 Å². The van der Waals surface area contributed by atoms with Crippen molar-refractivity contribution < 1.29 is 14.3 Å². The van der Waals surface area contributed by atoms with Gasteiger partial charge < -0.3 is 14.8 Å². The Morgan fingerprint density at radius 3 is 2.72 bits per heavy atom. The van der Waals surface area contributed by atoms with Crippen LogP contribution in [0.1, 0.15) is 27.2 Å². The molecule has 4 rings (SSSR count). The minimum atomic E-state index is -0.344. The van der Waals surface area contributed by atoms with Crippen LogP contribution in [0.4, 0.5) is 11.4 Å². The van der Waals surface area contributed by atoms with Crippen LogP contribution in [0, 0.1) is 13.8 Å². The van der Waals surface area contributed by atoms with Crippen molar-refractivity contribution in [2.24, 2.45) is 4.99 Å². The van der Waals surface area contributed by atoms with E-state index in [1.165, 1.54) is 0 Å². The number of fused-ring (bicyclic) bond motifs is 1. The Balaban J connectivity index is 1.94. The Labute approximate surface area is 190 Å². The molecule has 0 fully saturated rings. The summed E-state index contributed by atoms with van der Waals surface area (Å²) in [4.78, 5) is 23.3. The average Bonchev–Trinajstić information content (AvgIpc) is 2.81. The molecule has 0 unspecified atom stereocenters. The van der Waals surface area contributed by atoms with Crippen LogP contribution in [0.25, 0.3) is 11.0 Å². The van der Waals surface area contributed by atoms with Crippen LogP contribution in [0.5, 0.6) is 0 Å². The Morgan fingerprint density at radius 1 is 1.16 bits per heavy atom. The van der Waals surface area contributed by atoms with Gasteiger partial charge in [0.1, 0.15) is 5.56 Å². The van der Waals surface area contributed by atoms with Gasteiger partial charge in [-0.25, -0.2) is 4.99 Å². The summed E-state index contributed by atoms with van der Waals surface area (Å²) in [5.74, 6) is -0.344. The average molecular weight is 446 g/mol. The highest BCUT2D eigenvalue weighted by atomic mass is 32.2. The van der Waals surface area contributed by atoms with E-state index in [-0.39, 0.29) is 23.6 Å². The highest BCUT2D eigenvalue weighted by molar-refractivity contribution is 7.98. The molecule has 2 N–H and O–H groups in total. The second-order valence-electron chi connectivity index (χ2n) is 7.32. The van der Waals surface area contributed by atoms with E-state index >= 15 is 0 Å². The van der Waals surface area contributed by atoms with Crippen molar-refractivity contribution >= 4 is 40.0 Å². The fraction of sp³-hybridized carbons (Fsp3) is 0.160. The van der Waals surface area contributed by atoms with Crippen LogP contribution < -0.4 is 10.9 Å². The molecule has 2 heterocycles. The molecular weight excluding hydrogens is 422 g/mol. The van der Waals surface area contributed by atoms with Crippen LogP contribution in [0.3, 0.4) is 0 Å². The van der Waals surface area contributed by atoms with Crippen molar-refractivity contribution in [3.05, 3.63) is 88.7 Å². The number of aromatic nitrogens is 1. The molecule has 0 spiro atoms. The van der Waals surface area contributed by atoms with Gasteiger partial charge in [-0.15, -0.1) is 11.8 Å². The molecule has 0 saturated heterocycles. The van der Waals surface area contributed by atoms with E-state index < -0.39 is 0 Å². The predicted octanol–water partition coefficient (Wildman–Crippen LogP) is 5.14. The summed E-state index contributed by atoms with van der Waals surface area (Å²) in [7, 11) is 0. The molecule has 0 aliphatic heterocycles.